The molecule has 1 N–H and O–H groups in total. The molecular formula is C12H16F6N2O. The zero-order valence-corrected chi connectivity index (χ0v) is 11.2. The van der Waals surface area contributed by atoms with Crippen molar-refractivity contribution in [3.63, 3.8) is 0 Å². The second-order valence-electron chi connectivity index (χ2n) is 5.61. The van der Waals surface area contributed by atoms with Crippen molar-refractivity contribution in [3.8, 4) is 0 Å². The van der Waals surface area contributed by atoms with Gasteiger partial charge in [-0.05, 0) is 32.4 Å². The number of hydrogen-bond donors (Lipinski definition) is 1. The fourth-order valence-electron chi connectivity index (χ4n) is 2.99. The van der Waals surface area contributed by atoms with Crippen molar-refractivity contribution in [2.24, 2.45) is 11.3 Å². The molecule has 0 aliphatic carbocycles. The predicted octanol–water partition coefficient (Wildman–Crippen LogP) is 2.33. The molecule has 2 heterocycles. The van der Waals surface area contributed by atoms with Crippen LogP contribution in [0.5, 0.6) is 0 Å². The summed E-state index contributed by atoms with van der Waals surface area (Å²) in [7, 11) is 0. The van der Waals surface area contributed by atoms with E-state index in [0.717, 1.165) is 4.90 Å². The molecule has 3 nitrogen and oxygen atoms in total. The Hall–Kier alpha value is -0.990. The highest BCUT2D eigenvalue weighted by atomic mass is 19.4. The van der Waals surface area contributed by atoms with Crippen molar-refractivity contribution >= 4 is 5.91 Å². The van der Waals surface area contributed by atoms with Gasteiger partial charge in [-0.3, -0.25) is 4.79 Å². The molecule has 2 aliphatic heterocycles. The number of likely N-dealkylation sites (tertiary alicyclic amines) is 1. The zero-order chi connectivity index (χ0) is 15.9. The molecule has 0 unspecified atom stereocenters. The molecule has 0 aromatic carbocycles. The highest BCUT2D eigenvalue weighted by Gasteiger charge is 2.62. The van der Waals surface area contributed by atoms with E-state index in [1.807, 2.05) is 0 Å². The summed E-state index contributed by atoms with van der Waals surface area (Å²) in [6.07, 6.45) is -10.4. The maximum atomic E-state index is 13.3. The number of nitrogens with one attached hydrogen (secondary N) is 1. The van der Waals surface area contributed by atoms with Crippen LogP contribution in [0.2, 0.25) is 0 Å². The minimum Gasteiger partial charge on any atom is -0.341 e. The fraction of sp³-hybridized carbons (Fsp3) is 0.917. The van der Waals surface area contributed by atoms with Gasteiger partial charge in [0.1, 0.15) is 5.41 Å². The maximum Gasteiger partial charge on any atom is 0.403 e. The van der Waals surface area contributed by atoms with Crippen LogP contribution >= 0.6 is 0 Å². The summed E-state index contributed by atoms with van der Waals surface area (Å²) < 4.78 is 77.8. The van der Waals surface area contributed by atoms with Gasteiger partial charge in [0, 0.05) is 13.1 Å². The average Bonchev–Trinajstić information content (AvgIpc) is 2.86. The van der Waals surface area contributed by atoms with Crippen molar-refractivity contribution in [2.75, 3.05) is 26.2 Å². The van der Waals surface area contributed by atoms with Gasteiger partial charge < -0.3 is 10.2 Å². The second-order valence-corrected chi connectivity index (χ2v) is 5.61. The SMILES string of the molecule is O=C(N1CC[C@H](C(F)(F)F)C1)C1(C(F)(F)F)CCNCC1. The lowest BCUT2D eigenvalue weighted by Crippen LogP contribution is -2.56. The lowest BCUT2D eigenvalue weighted by Gasteiger charge is -2.40. The molecule has 21 heavy (non-hydrogen) atoms. The fourth-order valence-corrected chi connectivity index (χ4v) is 2.99. The Bertz CT molecular complexity index is 400. The summed E-state index contributed by atoms with van der Waals surface area (Å²) in [6, 6.07) is 0. The summed E-state index contributed by atoms with van der Waals surface area (Å²) >= 11 is 0. The predicted molar refractivity (Wildman–Crippen MR) is 61.3 cm³/mol. The molecular weight excluding hydrogens is 302 g/mol. The monoisotopic (exact) mass is 318 g/mol. The Balaban J connectivity index is 2.17. The first kappa shape index (κ1) is 16.4. The van der Waals surface area contributed by atoms with Crippen molar-refractivity contribution in [1.29, 1.82) is 0 Å². The van der Waals surface area contributed by atoms with Crippen LogP contribution in [-0.4, -0.2) is 49.3 Å². The van der Waals surface area contributed by atoms with E-state index in [-0.39, 0.29) is 26.1 Å². The van der Waals surface area contributed by atoms with E-state index in [1.54, 1.807) is 0 Å². The molecule has 122 valence electrons. The molecule has 2 fully saturated rings. The Morgan fingerprint density at radius 3 is 2.10 bits per heavy atom. The minimum absolute atomic E-state index is 0.0296. The number of rotatable bonds is 1. The maximum absolute atomic E-state index is 13.3. The summed E-state index contributed by atoms with van der Waals surface area (Å²) in [5, 5.41) is 2.74. The highest BCUT2D eigenvalue weighted by Crippen LogP contribution is 2.47. The third kappa shape index (κ3) is 2.97. The summed E-state index contributed by atoms with van der Waals surface area (Å²) in [5.41, 5.74) is -2.54. The van der Waals surface area contributed by atoms with Crippen LogP contribution < -0.4 is 5.32 Å². The first-order valence-electron chi connectivity index (χ1n) is 6.71. The van der Waals surface area contributed by atoms with Gasteiger partial charge in [-0.2, -0.15) is 26.3 Å². The molecule has 0 radical (unpaired) electrons. The van der Waals surface area contributed by atoms with Gasteiger partial charge in [-0.15, -0.1) is 0 Å². The third-order valence-electron chi connectivity index (χ3n) is 4.35. The Kier molecular flexibility index (Phi) is 4.16. The van der Waals surface area contributed by atoms with Crippen LogP contribution in [0.3, 0.4) is 0 Å². The third-order valence-corrected chi connectivity index (χ3v) is 4.35. The van der Waals surface area contributed by atoms with Crippen molar-refractivity contribution in [3.05, 3.63) is 0 Å². The van der Waals surface area contributed by atoms with Gasteiger partial charge >= 0.3 is 12.4 Å². The lowest BCUT2D eigenvalue weighted by molar-refractivity contribution is -0.233. The standard InChI is InChI=1S/C12H16F6N2O/c13-11(14,15)8-1-6-20(7-8)9(21)10(12(16,17)18)2-4-19-5-3-10/h8,19H,1-7H2/t8-/m0/s1. The number of piperidine rings is 1. The minimum atomic E-state index is -4.75. The number of amides is 1. The van der Waals surface area contributed by atoms with Gasteiger partial charge in [-0.1, -0.05) is 0 Å². The largest absolute Gasteiger partial charge is 0.403 e. The van der Waals surface area contributed by atoms with Crippen LogP contribution in [0.1, 0.15) is 19.3 Å². The van der Waals surface area contributed by atoms with E-state index in [1.165, 1.54) is 0 Å². The van der Waals surface area contributed by atoms with Crippen LogP contribution in [0.25, 0.3) is 0 Å². The smallest absolute Gasteiger partial charge is 0.341 e. The zero-order valence-electron chi connectivity index (χ0n) is 11.2. The molecule has 0 bridgehead atoms. The first-order chi connectivity index (χ1) is 9.58. The molecule has 1 atom stereocenters. The number of hydrogen-bond acceptors (Lipinski definition) is 2. The van der Waals surface area contributed by atoms with Crippen LogP contribution in [0, 0.1) is 11.3 Å². The average molecular weight is 318 g/mol. The molecule has 0 aromatic rings. The Morgan fingerprint density at radius 2 is 1.67 bits per heavy atom. The summed E-state index contributed by atoms with van der Waals surface area (Å²) in [6.45, 7) is -0.883. The summed E-state index contributed by atoms with van der Waals surface area (Å²) in [5.74, 6) is -2.93. The van der Waals surface area contributed by atoms with Gasteiger partial charge in [0.2, 0.25) is 5.91 Å². The number of halogens is 6. The van der Waals surface area contributed by atoms with E-state index in [2.05, 4.69) is 5.32 Å². The van der Waals surface area contributed by atoms with Gasteiger partial charge in [-0.25, -0.2) is 0 Å². The quantitative estimate of drug-likeness (QED) is 0.753. The van der Waals surface area contributed by atoms with E-state index < -0.39 is 49.0 Å². The lowest BCUT2D eigenvalue weighted by atomic mass is 9.77. The molecule has 0 saturated carbocycles. The highest BCUT2D eigenvalue weighted by molar-refractivity contribution is 5.84. The van der Waals surface area contributed by atoms with Crippen LogP contribution in [0.4, 0.5) is 26.3 Å². The number of nitrogens with zero attached hydrogens (tertiary/aromatic N) is 1. The molecule has 2 saturated heterocycles. The van der Waals surface area contributed by atoms with Crippen molar-refractivity contribution in [2.45, 2.75) is 31.6 Å². The van der Waals surface area contributed by atoms with Crippen LogP contribution in [-0.2, 0) is 4.79 Å². The van der Waals surface area contributed by atoms with E-state index in [9.17, 15) is 31.1 Å². The van der Waals surface area contributed by atoms with Gasteiger partial charge in [0.15, 0.2) is 0 Å². The molecule has 0 aromatic heterocycles. The van der Waals surface area contributed by atoms with Gasteiger partial charge in [0.25, 0.3) is 0 Å². The van der Waals surface area contributed by atoms with E-state index in [4.69, 9.17) is 0 Å². The second kappa shape index (κ2) is 5.33. The molecule has 2 rings (SSSR count). The van der Waals surface area contributed by atoms with Gasteiger partial charge in [0.05, 0.1) is 5.92 Å². The Morgan fingerprint density at radius 1 is 1.10 bits per heavy atom. The normalized spacial score (nSPS) is 27.0. The Labute approximate surface area is 117 Å². The number of carbonyl (C=O) groups excluding carboxylic acids is 1. The van der Waals surface area contributed by atoms with Crippen LogP contribution in [0.15, 0.2) is 0 Å². The topological polar surface area (TPSA) is 32.3 Å². The number of carbonyl (C=O) groups is 1. The molecule has 1 amide bonds. The van der Waals surface area contributed by atoms with E-state index in [0.29, 0.717) is 0 Å². The van der Waals surface area contributed by atoms with Crippen molar-refractivity contribution in [1.82, 2.24) is 10.2 Å². The first-order valence-corrected chi connectivity index (χ1v) is 6.71. The molecule has 2 aliphatic rings. The van der Waals surface area contributed by atoms with E-state index >= 15 is 0 Å². The van der Waals surface area contributed by atoms with Crippen molar-refractivity contribution < 1.29 is 31.1 Å². The molecule has 9 heteroatoms. The summed E-state index contributed by atoms with van der Waals surface area (Å²) in [4.78, 5) is 13.0. The molecule has 0 spiro atoms. The number of alkyl halides is 6.